The molecule has 2 heterocycles. The number of rotatable bonds is 5. The number of amides is 1. The molecule has 1 saturated heterocycles. The summed E-state index contributed by atoms with van der Waals surface area (Å²) < 4.78 is 42.8. The van der Waals surface area contributed by atoms with Gasteiger partial charge in [-0.3, -0.25) is 4.79 Å². The minimum atomic E-state index is -3.15. The van der Waals surface area contributed by atoms with Crippen molar-refractivity contribution in [1.82, 2.24) is 4.90 Å². The molecule has 1 aliphatic heterocycles. The van der Waals surface area contributed by atoms with Crippen molar-refractivity contribution in [2.75, 3.05) is 11.5 Å². The molecule has 3 aromatic rings. The van der Waals surface area contributed by atoms with Crippen LogP contribution in [-0.2, 0) is 27.6 Å². The Bertz CT molecular complexity index is 1150. The van der Waals surface area contributed by atoms with E-state index in [-0.39, 0.29) is 42.2 Å². The third-order valence-corrected chi connectivity index (χ3v) is 7.14. The quantitative estimate of drug-likeness (QED) is 0.638. The molecule has 1 amide bonds. The summed E-state index contributed by atoms with van der Waals surface area (Å²) in [5.41, 5.74) is 3.33. The summed E-state index contributed by atoms with van der Waals surface area (Å²) in [6.45, 7) is 2.21. The van der Waals surface area contributed by atoms with Gasteiger partial charge < -0.3 is 9.32 Å². The molecule has 1 atom stereocenters. The third-order valence-electron chi connectivity index (χ3n) is 5.39. The van der Waals surface area contributed by atoms with Crippen molar-refractivity contribution >= 4 is 26.7 Å². The normalized spacial score (nSPS) is 18.2. The smallest absolute Gasteiger partial charge is 0.227 e. The van der Waals surface area contributed by atoms with Crippen molar-refractivity contribution in [3.8, 4) is 0 Å². The summed E-state index contributed by atoms with van der Waals surface area (Å²) in [7, 11) is -3.15. The fourth-order valence-corrected chi connectivity index (χ4v) is 5.55. The first kappa shape index (κ1) is 19.6. The Labute approximate surface area is 169 Å². The van der Waals surface area contributed by atoms with Gasteiger partial charge in [0.05, 0.1) is 24.2 Å². The van der Waals surface area contributed by atoms with Crippen molar-refractivity contribution < 1.29 is 22.0 Å². The zero-order chi connectivity index (χ0) is 20.6. The van der Waals surface area contributed by atoms with Crippen LogP contribution in [0.1, 0.15) is 23.1 Å². The van der Waals surface area contributed by atoms with Crippen LogP contribution >= 0.6 is 0 Å². The molecule has 7 heteroatoms. The Morgan fingerprint density at radius 2 is 1.97 bits per heavy atom. The maximum atomic E-state index is 13.2. The van der Waals surface area contributed by atoms with E-state index in [1.54, 1.807) is 23.3 Å². The lowest BCUT2D eigenvalue weighted by Crippen LogP contribution is -2.41. The molecule has 2 aromatic carbocycles. The lowest BCUT2D eigenvalue weighted by molar-refractivity contribution is -0.133. The molecular formula is C22H22FNO4S. The molecule has 1 aromatic heterocycles. The van der Waals surface area contributed by atoms with E-state index in [0.29, 0.717) is 6.42 Å². The maximum absolute atomic E-state index is 13.2. The first-order chi connectivity index (χ1) is 13.8. The van der Waals surface area contributed by atoms with E-state index >= 15 is 0 Å². The van der Waals surface area contributed by atoms with Crippen LogP contribution in [0.25, 0.3) is 11.0 Å². The van der Waals surface area contributed by atoms with E-state index < -0.39 is 9.84 Å². The number of sulfone groups is 1. The zero-order valence-electron chi connectivity index (χ0n) is 16.1. The topological polar surface area (TPSA) is 67.6 Å². The van der Waals surface area contributed by atoms with Crippen LogP contribution in [0.5, 0.6) is 0 Å². The Balaban J connectivity index is 1.60. The van der Waals surface area contributed by atoms with Gasteiger partial charge in [0.2, 0.25) is 5.91 Å². The van der Waals surface area contributed by atoms with Gasteiger partial charge >= 0.3 is 0 Å². The predicted octanol–water partition coefficient (Wildman–Crippen LogP) is 3.64. The van der Waals surface area contributed by atoms with Gasteiger partial charge in [-0.05, 0) is 42.7 Å². The van der Waals surface area contributed by atoms with Crippen molar-refractivity contribution in [3.05, 3.63) is 71.2 Å². The van der Waals surface area contributed by atoms with Gasteiger partial charge in [0, 0.05) is 23.5 Å². The van der Waals surface area contributed by atoms with Crippen LogP contribution < -0.4 is 0 Å². The fourth-order valence-electron chi connectivity index (χ4n) is 3.82. The molecule has 1 aliphatic rings. The van der Waals surface area contributed by atoms with Crippen LogP contribution in [0.15, 0.2) is 53.1 Å². The highest BCUT2D eigenvalue weighted by Crippen LogP contribution is 2.25. The number of carbonyl (C=O) groups excluding carboxylic acids is 1. The highest BCUT2D eigenvalue weighted by Gasteiger charge is 2.34. The van der Waals surface area contributed by atoms with Crippen LogP contribution in [-0.4, -0.2) is 36.8 Å². The summed E-state index contributed by atoms with van der Waals surface area (Å²) in [6, 6.07) is 11.4. The van der Waals surface area contributed by atoms with Crippen molar-refractivity contribution in [2.24, 2.45) is 0 Å². The molecule has 0 unspecified atom stereocenters. The molecule has 1 fully saturated rings. The van der Waals surface area contributed by atoms with Crippen molar-refractivity contribution in [1.29, 1.82) is 0 Å². The zero-order valence-corrected chi connectivity index (χ0v) is 16.9. The molecule has 152 valence electrons. The molecule has 4 rings (SSSR count). The van der Waals surface area contributed by atoms with E-state index in [9.17, 15) is 17.6 Å². The minimum absolute atomic E-state index is 0.0364. The summed E-state index contributed by atoms with van der Waals surface area (Å²) in [4.78, 5) is 14.8. The SMILES string of the molecule is Cc1ccc2c(CC(=O)N(Cc3ccc(F)cc3)[C@@H]3CCS(=O)(=O)C3)coc2c1. The van der Waals surface area contributed by atoms with E-state index in [4.69, 9.17) is 4.42 Å². The Morgan fingerprint density at radius 1 is 1.21 bits per heavy atom. The number of aryl methyl sites for hydroxylation is 1. The summed E-state index contributed by atoms with van der Waals surface area (Å²) >= 11 is 0. The highest BCUT2D eigenvalue weighted by atomic mass is 32.2. The molecule has 0 aliphatic carbocycles. The number of hydrogen-bond donors (Lipinski definition) is 0. The second-order valence-corrected chi connectivity index (χ2v) is 9.87. The predicted molar refractivity (Wildman–Crippen MR) is 109 cm³/mol. The van der Waals surface area contributed by atoms with Gasteiger partial charge in [-0.2, -0.15) is 0 Å². The number of halogens is 1. The van der Waals surface area contributed by atoms with E-state index in [0.717, 1.165) is 27.7 Å². The van der Waals surface area contributed by atoms with E-state index in [1.165, 1.54) is 12.1 Å². The van der Waals surface area contributed by atoms with Gasteiger partial charge in [0.1, 0.15) is 11.4 Å². The fraction of sp³-hybridized carbons (Fsp3) is 0.318. The van der Waals surface area contributed by atoms with E-state index in [2.05, 4.69) is 0 Å². The van der Waals surface area contributed by atoms with Crippen molar-refractivity contribution in [2.45, 2.75) is 32.4 Å². The highest BCUT2D eigenvalue weighted by molar-refractivity contribution is 7.91. The summed E-state index contributed by atoms with van der Waals surface area (Å²) in [5.74, 6) is -0.473. The number of carbonyl (C=O) groups is 1. The van der Waals surface area contributed by atoms with E-state index in [1.807, 2.05) is 25.1 Å². The third kappa shape index (κ3) is 4.34. The van der Waals surface area contributed by atoms with Gasteiger partial charge in [0.15, 0.2) is 9.84 Å². The molecule has 0 N–H and O–H groups in total. The Kier molecular flexibility index (Phi) is 5.17. The molecule has 29 heavy (non-hydrogen) atoms. The first-order valence-corrected chi connectivity index (χ1v) is 11.3. The van der Waals surface area contributed by atoms with Gasteiger partial charge in [-0.25, -0.2) is 12.8 Å². The lowest BCUT2D eigenvalue weighted by atomic mass is 10.1. The first-order valence-electron chi connectivity index (χ1n) is 9.52. The molecule has 0 spiro atoms. The van der Waals surface area contributed by atoms with Gasteiger partial charge in [-0.1, -0.05) is 24.3 Å². The monoisotopic (exact) mass is 415 g/mol. The average molecular weight is 415 g/mol. The number of benzene rings is 2. The van der Waals surface area contributed by atoms with Crippen LogP contribution in [0.3, 0.4) is 0 Å². The lowest BCUT2D eigenvalue weighted by Gasteiger charge is -2.28. The average Bonchev–Trinajstić information content (AvgIpc) is 3.23. The standard InChI is InChI=1S/C22H22FNO4S/c1-15-2-7-20-17(13-28-21(20)10-15)11-22(25)24(19-8-9-29(26,27)14-19)12-16-3-5-18(23)6-4-16/h2-7,10,13,19H,8-9,11-12,14H2,1H3/t19-/m1/s1. The Hall–Kier alpha value is -2.67. The number of hydrogen-bond acceptors (Lipinski definition) is 4. The molecule has 0 saturated carbocycles. The number of furan rings is 1. The number of fused-ring (bicyclic) bond motifs is 1. The largest absolute Gasteiger partial charge is 0.464 e. The molecule has 0 radical (unpaired) electrons. The summed E-state index contributed by atoms with van der Waals surface area (Å²) in [5, 5.41) is 0.879. The van der Waals surface area contributed by atoms with Crippen LogP contribution in [0.2, 0.25) is 0 Å². The number of nitrogens with zero attached hydrogens (tertiary/aromatic N) is 1. The second-order valence-electron chi connectivity index (χ2n) is 7.64. The Morgan fingerprint density at radius 3 is 2.66 bits per heavy atom. The van der Waals surface area contributed by atoms with Gasteiger partial charge in [0.25, 0.3) is 0 Å². The minimum Gasteiger partial charge on any atom is -0.464 e. The van der Waals surface area contributed by atoms with Crippen LogP contribution in [0.4, 0.5) is 4.39 Å². The molecule has 0 bridgehead atoms. The summed E-state index contributed by atoms with van der Waals surface area (Å²) in [6.07, 6.45) is 2.12. The molecular weight excluding hydrogens is 393 g/mol. The maximum Gasteiger partial charge on any atom is 0.227 e. The second kappa shape index (κ2) is 7.63. The van der Waals surface area contributed by atoms with Gasteiger partial charge in [-0.15, -0.1) is 0 Å². The molecule has 5 nitrogen and oxygen atoms in total. The van der Waals surface area contributed by atoms with Crippen molar-refractivity contribution in [3.63, 3.8) is 0 Å². The van der Waals surface area contributed by atoms with Crippen LogP contribution in [0, 0.1) is 12.7 Å².